The number of rotatable bonds is 3. The minimum Gasteiger partial charge on any atom is -0.396 e. The first-order chi connectivity index (χ1) is 9.49. The predicted octanol–water partition coefficient (Wildman–Crippen LogP) is 3.04. The number of nitrogens with two attached hydrogens (primary N) is 1. The number of hydrogen-bond donors (Lipinski definition) is 2. The maximum atomic E-state index is 13.7. The third-order valence-corrected chi connectivity index (χ3v) is 2.96. The topological polar surface area (TPSA) is 55.1 Å². The number of nitrogen functional groups attached to an aromatic ring is 1. The van der Waals surface area contributed by atoms with Gasteiger partial charge >= 0.3 is 0 Å². The normalized spacial score (nSPS) is 11.9. The number of amides is 1. The first kappa shape index (κ1) is 14.0. The lowest BCUT2D eigenvalue weighted by Gasteiger charge is -2.15. The van der Waals surface area contributed by atoms with Crippen LogP contribution >= 0.6 is 0 Å². The molecule has 2 rings (SSSR count). The van der Waals surface area contributed by atoms with Crippen LogP contribution in [0.1, 0.15) is 28.9 Å². The van der Waals surface area contributed by atoms with E-state index in [0.29, 0.717) is 0 Å². The maximum Gasteiger partial charge on any atom is 0.254 e. The highest BCUT2D eigenvalue weighted by Gasteiger charge is 2.18. The lowest BCUT2D eigenvalue weighted by atomic mass is 10.1. The summed E-state index contributed by atoms with van der Waals surface area (Å²) in [5.41, 5.74) is 5.39. The van der Waals surface area contributed by atoms with Gasteiger partial charge in [-0.2, -0.15) is 0 Å². The van der Waals surface area contributed by atoms with Gasteiger partial charge in [0.05, 0.1) is 17.3 Å². The van der Waals surface area contributed by atoms with E-state index in [9.17, 15) is 13.6 Å². The van der Waals surface area contributed by atoms with E-state index >= 15 is 0 Å². The second-order valence-corrected chi connectivity index (χ2v) is 4.46. The molecule has 0 spiro atoms. The monoisotopic (exact) mass is 276 g/mol. The van der Waals surface area contributed by atoms with Crippen molar-refractivity contribution < 1.29 is 13.6 Å². The highest BCUT2D eigenvalue weighted by atomic mass is 19.1. The van der Waals surface area contributed by atoms with E-state index in [1.165, 1.54) is 0 Å². The molecular formula is C15H14F2N2O. The number of carbonyl (C=O) groups excluding carboxylic acids is 1. The highest BCUT2D eigenvalue weighted by molar-refractivity contribution is 5.95. The first-order valence-corrected chi connectivity index (χ1v) is 6.09. The molecule has 1 amide bonds. The zero-order valence-electron chi connectivity index (χ0n) is 10.9. The van der Waals surface area contributed by atoms with E-state index in [2.05, 4.69) is 5.32 Å². The van der Waals surface area contributed by atoms with E-state index < -0.39 is 23.1 Å². The molecule has 0 unspecified atom stereocenters. The summed E-state index contributed by atoms with van der Waals surface area (Å²) in [6, 6.07) is 10.5. The SMILES string of the molecule is C[C@@H](NC(=O)c1cc(F)cc(N)c1F)c1ccccc1. The van der Waals surface area contributed by atoms with Crippen LogP contribution in [0.5, 0.6) is 0 Å². The van der Waals surface area contributed by atoms with Gasteiger partial charge in [0, 0.05) is 0 Å². The number of benzene rings is 2. The second kappa shape index (κ2) is 5.69. The van der Waals surface area contributed by atoms with Crippen molar-refractivity contribution in [2.75, 3.05) is 5.73 Å². The Bertz CT molecular complexity index is 629. The fourth-order valence-electron chi connectivity index (χ4n) is 1.87. The van der Waals surface area contributed by atoms with Crippen molar-refractivity contribution in [2.45, 2.75) is 13.0 Å². The first-order valence-electron chi connectivity index (χ1n) is 6.09. The zero-order valence-corrected chi connectivity index (χ0v) is 10.9. The molecule has 1 atom stereocenters. The maximum absolute atomic E-state index is 13.7. The molecule has 0 aliphatic heterocycles. The van der Waals surface area contributed by atoms with Gasteiger partial charge in [-0.25, -0.2) is 8.78 Å². The summed E-state index contributed by atoms with van der Waals surface area (Å²) in [7, 11) is 0. The average Bonchev–Trinajstić information content (AvgIpc) is 2.43. The third kappa shape index (κ3) is 2.93. The molecule has 0 heterocycles. The van der Waals surface area contributed by atoms with Crippen LogP contribution < -0.4 is 11.1 Å². The summed E-state index contributed by atoms with van der Waals surface area (Å²) in [4.78, 5) is 12.0. The minimum atomic E-state index is -0.913. The van der Waals surface area contributed by atoms with Crippen LogP contribution in [0.2, 0.25) is 0 Å². The number of carbonyl (C=O) groups is 1. The Morgan fingerprint density at radius 2 is 1.85 bits per heavy atom. The van der Waals surface area contributed by atoms with Gasteiger partial charge in [0.1, 0.15) is 5.82 Å². The third-order valence-electron chi connectivity index (χ3n) is 2.96. The van der Waals surface area contributed by atoms with Crippen LogP contribution in [-0.2, 0) is 0 Å². The number of hydrogen-bond acceptors (Lipinski definition) is 2. The van der Waals surface area contributed by atoms with E-state index in [1.807, 2.05) is 30.3 Å². The molecule has 0 radical (unpaired) electrons. The van der Waals surface area contributed by atoms with Crippen LogP contribution in [0.3, 0.4) is 0 Å². The minimum absolute atomic E-state index is 0.326. The van der Waals surface area contributed by atoms with Crippen LogP contribution in [0.15, 0.2) is 42.5 Å². The van der Waals surface area contributed by atoms with Crippen molar-refractivity contribution in [2.24, 2.45) is 0 Å². The lowest BCUT2D eigenvalue weighted by molar-refractivity contribution is 0.0935. The van der Waals surface area contributed by atoms with Crippen molar-refractivity contribution in [3.8, 4) is 0 Å². The summed E-state index contributed by atoms with van der Waals surface area (Å²) in [5, 5.41) is 2.61. The number of halogens is 2. The molecule has 0 saturated carbocycles. The fourth-order valence-corrected chi connectivity index (χ4v) is 1.87. The Morgan fingerprint density at radius 3 is 2.50 bits per heavy atom. The molecule has 20 heavy (non-hydrogen) atoms. The molecule has 0 aromatic heterocycles. The highest BCUT2D eigenvalue weighted by Crippen LogP contribution is 2.19. The molecule has 0 bridgehead atoms. The standard InChI is InChI=1S/C15H14F2N2O/c1-9(10-5-3-2-4-6-10)19-15(20)12-7-11(16)8-13(18)14(12)17/h2-9H,18H2,1H3,(H,19,20)/t9-/m1/s1. The Labute approximate surface area is 115 Å². The van der Waals surface area contributed by atoms with Crippen LogP contribution in [0.4, 0.5) is 14.5 Å². The molecule has 0 aliphatic rings. The van der Waals surface area contributed by atoms with Crippen molar-refractivity contribution in [3.63, 3.8) is 0 Å². The molecule has 0 fully saturated rings. The molecule has 104 valence electrons. The number of anilines is 1. The quantitative estimate of drug-likeness (QED) is 0.847. The molecule has 2 aromatic rings. The van der Waals surface area contributed by atoms with Crippen LogP contribution in [0, 0.1) is 11.6 Å². The van der Waals surface area contributed by atoms with E-state index in [0.717, 1.165) is 17.7 Å². The predicted molar refractivity (Wildman–Crippen MR) is 73.1 cm³/mol. The summed E-state index contributed by atoms with van der Waals surface area (Å²) < 4.78 is 26.9. The summed E-state index contributed by atoms with van der Waals surface area (Å²) >= 11 is 0. The van der Waals surface area contributed by atoms with Gasteiger partial charge in [0.25, 0.3) is 5.91 Å². The van der Waals surface area contributed by atoms with Gasteiger partial charge in [-0.15, -0.1) is 0 Å². The van der Waals surface area contributed by atoms with Crippen molar-refractivity contribution >= 4 is 11.6 Å². The Kier molecular flexibility index (Phi) is 3.98. The van der Waals surface area contributed by atoms with Gasteiger partial charge in [-0.05, 0) is 24.6 Å². The molecule has 0 aliphatic carbocycles. The van der Waals surface area contributed by atoms with Crippen LogP contribution in [-0.4, -0.2) is 5.91 Å². The van der Waals surface area contributed by atoms with E-state index in [4.69, 9.17) is 5.73 Å². The summed E-state index contributed by atoms with van der Waals surface area (Å²) in [5.74, 6) is -2.37. The van der Waals surface area contributed by atoms with Gasteiger partial charge in [-0.1, -0.05) is 30.3 Å². The van der Waals surface area contributed by atoms with Crippen molar-refractivity contribution in [1.29, 1.82) is 0 Å². The van der Waals surface area contributed by atoms with Crippen LogP contribution in [0.25, 0.3) is 0 Å². The summed E-state index contributed by atoms with van der Waals surface area (Å²) in [6.45, 7) is 1.76. The molecular weight excluding hydrogens is 262 g/mol. The smallest absolute Gasteiger partial charge is 0.254 e. The van der Waals surface area contributed by atoms with E-state index in [-0.39, 0.29) is 11.7 Å². The molecule has 0 saturated heterocycles. The molecule has 2 aromatic carbocycles. The largest absolute Gasteiger partial charge is 0.396 e. The second-order valence-electron chi connectivity index (χ2n) is 4.46. The average molecular weight is 276 g/mol. The zero-order chi connectivity index (χ0) is 14.7. The lowest BCUT2D eigenvalue weighted by Crippen LogP contribution is -2.27. The molecule has 3 N–H and O–H groups in total. The Hall–Kier alpha value is -2.43. The summed E-state index contributed by atoms with van der Waals surface area (Å²) in [6.07, 6.45) is 0. The van der Waals surface area contributed by atoms with Gasteiger partial charge in [0.15, 0.2) is 5.82 Å². The Morgan fingerprint density at radius 1 is 1.20 bits per heavy atom. The van der Waals surface area contributed by atoms with Gasteiger partial charge < -0.3 is 11.1 Å². The Balaban J connectivity index is 2.21. The van der Waals surface area contributed by atoms with Crippen molar-refractivity contribution in [1.82, 2.24) is 5.32 Å². The number of nitrogens with one attached hydrogen (secondary N) is 1. The van der Waals surface area contributed by atoms with E-state index in [1.54, 1.807) is 6.92 Å². The van der Waals surface area contributed by atoms with Gasteiger partial charge in [-0.3, -0.25) is 4.79 Å². The van der Waals surface area contributed by atoms with Gasteiger partial charge in [0.2, 0.25) is 0 Å². The fraction of sp³-hybridized carbons (Fsp3) is 0.133. The molecule has 5 heteroatoms. The molecule has 3 nitrogen and oxygen atoms in total. The van der Waals surface area contributed by atoms with Crippen molar-refractivity contribution in [3.05, 3.63) is 65.2 Å².